The van der Waals surface area contributed by atoms with Crippen LogP contribution in [0.5, 0.6) is 0 Å². The Morgan fingerprint density at radius 1 is 1.37 bits per heavy atom. The number of nitrogens with two attached hydrogens (primary N) is 1. The normalized spacial score (nSPS) is 15.9. The van der Waals surface area contributed by atoms with E-state index < -0.39 is 10.0 Å². The van der Waals surface area contributed by atoms with E-state index in [4.69, 9.17) is 5.73 Å². The van der Waals surface area contributed by atoms with Crippen molar-refractivity contribution in [2.75, 3.05) is 12.3 Å². The van der Waals surface area contributed by atoms with Gasteiger partial charge in [0.25, 0.3) is 0 Å². The number of sulfonamides is 1. The van der Waals surface area contributed by atoms with Crippen LogP contribution < -0.4 is 5.73 Å². The summed E-state index contributed by atoms with van der Waals surface area (Å²) in [5.41, 5.74) is 7.02. The second-order valence-electron chi connectivity index (χ2n) is 5.23. The molecular weight excluding hydrogens is 260 g/mol. The fourth-order valence-corrected chi connectivity index (χ4v) is 4.20. The Labute approximate surface area is 115 Å². The summed E-state index contributed by atoms with van der Waals surface area (Å²) in [5.74, 6) is 0. The van der Waals surface area contributed by atoms with Gasteiger partial charge in [-0.3, -0.25) is 0 Å². The number of nitrogens with zero attached hydrogens (tertiary/aromatic N) is 1. The van der Waals surface area contributed by atoms with E-state index in [1.54, 1.807) is 29.4 Å². The van der Waals surface area contributed by atoms with Crippen LogP contribution in [0.15, 0.2) is 23.1 Å². The minimum Gasteiger partial charge on any atom is -0.399 e. The molecule has 2 rings (SSSR count). The standard InChI is InChI=1S/C14H22N2O2S/c1-3-4-9-16(13-6-7-13)19(17,18)14-8-5-12(15)10-11(14)2/h5,8,10,13H,3-4,6-7,9,15H2,1-2H3. The van der Waals surface area contributed by atoms with Crippen molar-refractivity contribution in [3.63, 3.8) is 0 Å². The van der Waals surface area contributed by atoms with Crippen molar-refractivity contribution in [1.82, 2.24) is 4.31 Å². The van der Waals surface area contributed by atoms with Gasteiger partial charge >= 0.3 is 0 Å². The zero-order chi connectivity index (χ0) is 14.0. The second-order valence-corrected chi connectivity index (χ2v) is 7.08. The maximum atomic E-state index is 12.7. The predicted octanol–water partition coefficient (Wildman–Crippen LogP) is 2.53. The molecule has 0 spiro atoms. The lowest BCUT2D eigenvalue weighted by Crippen LogP contribution is -2.34. The molecule has 0 amide bonds. The molecule has 1 aromatic rings. The summed E-state index contributed by atoms with van der Waals surface area (Å²) in [6.07, 6.45) is 3.87. The van der Waals surface area contributed by atoms with E-state index >= 15 is 0 Å². The fraction of sp³-hybridized carbons (Fsp3) is 0.571. The molecule has 5 heteroatoms. The Balaban J connectivity index is 2.33. The molecule has 106 valence electrons. The smallest absolute Gasteiger partial charge is 0.243 e. The van der Waals surface area contributed by atoms with Gasteiger partial charge in [0, 0.05) is 18.3 Å². The van der Waals surface area contributed by atoms with Gasteiger partial charge in [0.1, 0.15) is 0 Å². The molecule has 0 bridgehead atoms. The van der Waals surface area contributed by atoms with Gasteiger partial charge in [0.2, 0.25) is 10.0 Å². The summed E-state index contributed by atoms with van der Waals surface area (Å²) in [7, 11) is -3.38. The molecule has 1 aliphatic carbocycles. The number of hydrogen-bond acceptors (Lipinski definition) is 3. The van der Waals surface area contributed by atoms with Crippen LogP contribution in [0, 0.1) is 6.92 Å². The molecule has 1 aromatic carbocycles. The van der Waals surface area contributed by atoms with Crippen LogP contribution in [0.4, 0.5) is 5.69 Å². The maximum absolute atomic E-state index is 12.7. The molecule has 19 heavy (non-hydrogen) atoms. The van der Waals surface area contributed by atoms with Crippen LogP contribution in [-0.4, -0.2) is 25.3 Å². The molecule has 0 aromatic heterocycles. The largest absolute Gasteiger partial charge is 0.399 e. The van der Waals surface area contributed by atoms with E-state index in [-0.39, 0.29) is 6.04 Å². The number of rotatable bonds is 6. The van der Waals surface area contributed by atoms with E-state index in [0.29, 0.717) is 17.1 Å². The Bertz CT molecular complexity index is 551. The molecule has 1 saturated carbocycles. The minimum atomic E-state index is -3.38. The third-order valence-corrected chi connectivity index (χ3v) is 5.58. The number of hydrogen-bond donors (Lipinski definition) is 1. The first-order valence-electron chi connectivity index (χ1n) is 6.84. The van der Waals surface area contributed by atoms with E-state index in [2.05, 4.69) is 6.92 Å². The molecular formula is C14H22N2O2S. The zero-order valence-corrected chi connectivity index (χ0v) is 12.4. The third-order valence-electron chi connectivity index (χ3n) is 3.47. The van der Waals surface area contributed by atoms with Crippen LogP contribution in [0.1, 0.15) is 38.2 Å². The van der Waals surface area contributed by atoms with Gasteiger partial charge in [-0.25, -0.2) is 8.42 Å². The van der Waals surface area contributed by atoms with E-state index in [1.165, 1.54) is 0 Å². The number of nitrogen functional groups attached to an aromatic ring is 1. The lowest BCUT2D eigenvalue weighted by Gasteiger charge is -2.22. The van der Waals surface area contributed by atoms with Gasteiger partial charge in [-0.15, -0.1) is 0 Å². The van der Waals surface area contributed by atoms with Crippen molar-refractivity contribution in [3.05, 3.63) is 23.8 Å². The number of anilines is 1. The van der Waals surface area contributed by atoms with Crippen molar-refractivity contribution >= 4 is 15.7 Å². The third kappa shape index (κ3) is 3.09. The van der Waals surface area contributed by atoms with E-state index in [1.807, 2.05) is 0 Å². The van der Waals surface area contributed by atoms with Crippen molar-refractivity contribution in [2.24, 2.45) is 0 Å². The highest BCUT2D eigenvalue weighted by Gasteiger charge is 2.38. The molecule has 1 aliphatic rings. The van der Waals surface area contributed by atoms with Crippen molar-refractivity contribution < 1.29 is 8.42 Å². The fourth-order valence-electron chi connectivity index (χ4n) is 2.26. The van der Waals surface area contributed by atoms with Crippen molar-refractivity contribution in [2.45, 2.75) is 50.5 Å². The number of unbranched alkanes of at least 4 members (excludes halogenated alkanes) is 1. The van der Waals surface area contributed by atoms with Gasteiger partial charge in [0.15, 0.2) is 0 Å². The Morgan fingerprint density at radius 3 is 2.58 bits per heavy atom. The van der Waals surface area contributed by atoms with Crippen LogP contribution in [0.2, 0.25) is 0 Å². The molecule has 0 radical (unpaired) electrons. The topological polar surface area (TPSA) is 63.4 Å². The van der Waals surface area contributed by atoms with Crippen LogP contribution in [0.25, 0.3) is 0 Å². The summed E-state index contributed by atoms with van der Waals surface area (Å²) in [6.45, 7) is 4.49. The monoisotopic (exact) mass is 282 g/mol. The zero-order valence-electron chi connectivity index (χ0n) is 11.6. The molecule has 0 aliphatic heterocycles. The van der Waals surface area contributed by atoms with Gasteiger partial charge in [-0.05, 0) is 49.9 Å². The maximum Gasteiger partial charge on any atom is 0.243 e. The molecule has 0 atom stereocenters. The van der Waals surface area contributed by atoms with Gasteiger partial charge in [-0.2, -0.15) is 4.31 Å². The highest BCUT2D eigenvalue weighted by atomic mass is 32.2. The van der Waals surface area contributed by atoms with E-state index in [9.17, 15) is 8.42 Å². The molecule has 4 nitrogen and oxygen atoms in total. The first-order chi connectivity index (χ1) is 8.96. The second kappa shape index (κ2) is 5.51. The lowest BCUT2D eigenvalue weighted by atomic mass is 10.2. The van der Waals surface area contributed by atoms with E-state index in [0.717, 1.165) is 31.2 Å². The quantitative estimate of drug-likeness (QED) is 0.815. The van der Waals surface area contributed by atoms with Gasteiger partial charge < -0.3 is 5.73 Å². The molecule has 0 unspecified atom stereocenters. The highest BCUT2D eigenvalue weighted by Crippen LogP contribution is 2.33. The van der Waals surface area contributed by atoms with Crippen molar-refractivity contribution in [3.8, 4) is 0 Å². The van der Waals surface area contributed by atoms with Gasteiger partial charge in [-0.1, -0.05) is 13.3 Å². The average Bonchev–Trinajstić information content (AvgIpc) is 3.13. The average molecular weight is 282 g/mol. The number of aryl methyl sites for hydroxylation is 1. The summed E-state index contributed by atoms with van der Waals surface area (Å²) in [4.78, 5) is 0.393. The minimum absolute atomic E-state index is 0.202. The number of benzene rings is 1. The molecule has 0 heterocycles. The summed E-state index contributed by atoms with van der Waals surface area (Å²) >= 11 is 0. The van der Waals surface area contributed by atoms with Crippen LogP contribution >= 0.6 is 0 Å². The predicted molar refractivity (Wildman–Crippen MR) is 77.4 cm³/mol. The summed E-state index contributed by atoms with van der Waals surface area (Å²) in [5, 5.41) is 0. The summed E-state index contributed by atoms with van der Waals surface area (Å²) in [6, 6.07) is 5.21. The van der Waals surface area contributed by atoms with Crippen molar-refractivity contribution in [1.29, 1.82) is 0 Å². The summed E-state index contributed by atoms with van der Waals surface area (Å²) < 4.78 is 27.1. The van der Waals surface area contributed by atoms with Crippen LogP contribution in [0.3, 0.4) is 0 Å². The Hall–Kier alpha value is -1.07. The first-order valence-corrected chi connectivity index (χ1v) is 8.28. The van der Waals surface area contributed by atoms with Crippen LogP contribution in [-0.2, 0) is 10.0 Å². The first kappa shape index (κ1) is 14.3. The Morgan fingerprint density at radius 2 is 2.05 bits per heavy atom. The molecule has 0 saturated heterocycles. The lowest BCUT2D eigenvalue weighted by molar-refractivity contribution is 0.395. The molecule has 1 fully saturated rings. The SMILES string of the molecule is CCCCN(C1CC1)S(=O)(=O)c1ccc(N)cc1C. The highest BCUT2D eigenvalue weighted by molar-refractivity contribution is 7.89. The Kier molecular flexibility index (Phi) is 4.16. The molecule has 2 N–H and O–H groups in total. The van der Waals surface area contributed by atoms with Gasteiger partial charge in [0.05, 0.1) is 4.90 Å².